The monoisotopic (exact) mass is 386 g/mol. The van der Waals surface area contributed by atoms with Crippen LogP contribution in [0.1, 0.15) is 70.4 Å². The minimum atomic E-state index is -0.150. The van der Waals surface area contributed by atoms with Gasteiger partial charge < -0.3 is 15.0 Å². The molecule has 3 rings (SSSR count). The van der Waals surface area contributed by atoms with E-state index in [-0.39, 0.29) is 11.8 Å². The number of unbranched alkanes of at least 4 members (excludes halogenated alkanes) is 2. The van der Waals surface area contributed by atoms with Crippen LogP contribution in [0, 0.1) is 0 Å². The van der Waals surface area contributed by atoms with Crippen molar-refractivity contribution in [3.63, 3.8) is 0 Å². The SMILES string of the molecule is CCCCCOc1ccc(C2NC(=S)N(CCC)C3=C2C(=O)CCC3)cc1. The van der Waals surface area contributed by atoms with Crippen LogP contribution in [0.3, 0.4) is 0 Å². The fourth-order valence-corrected chi connectivity index (χ4v) is 4.18. The molecule has 0 fully saturated rings. The lowest BCUT2D eigenvalue weighted by Gasteiger charge is -2.41. The van der Waals surface area contributed by atoms with Gasteiger partial charge in [0.05, 0.1) is 12.6 Å². The van der Waals surface area contributed by atoms with Crippen molar-refractivity contribution in [1.29, 1.82) is 0 Å². The minimum Gasteiger partial charge on any atom is -0.494 e. The molecule has 1 aliphatic carbocycles. The van der Waals surface area contributed by atoms with Gasteiger partial charge in [-0.1, -0.05) is 38.8 Å². The Balaban J connectivity index is 1.81. The number of carbonyl (C=O) groups excluding carboxylic acids is 1. The summed E-state index contributed by atoms with van der Waals surface area (Å²) in [7, 11) is 0. The minimum absolute atomic E-state index is 0.150. The van der Waals surface area contributed by atoms with Crippen LogP contribution in [0.4, 0.5) is 0 Å². The van der Waals surface area contributed by atoms with E-state index in [1.54, 1.807) is 0 Å². The number of allylic oxidation sites excluding steroid dienone is 1. The van der Waals surface area contributed by atoms with Crippen molar-refractivity contribution >= 4 is 23.1 Å². The zero-order valence-electron chi connectivity index (χ0n) is 16.4. The van der Waals surface area contributed by atoms with Gasteiger partial charge in [-0.15, -0.1) is 0 Å². The lowest BCUT2D eigenvalue weighted by molar-refractivity contribution is -0.116. The Morgan fingerprint density at radius 2 is 1.93 bits per heavy atom. The third kappa shape index (κ3) is 4.52. The summed E-state index contributed by atoms with van der Waals surface area (Å²) < 4.78 is 5.81. The molecule has 146 valence electrons. The van der Waals surface area contributed by atoms with Gasteiger partial charge in [0, 0.05) is 24.2 Å². The summed E-state index contributed by atoms with van der Waals surface area (Å²) in [5, 5.41) is 4.15. The van der Waals surface area contributed by atoms with Gasteiger partial charge in [-0.05, 0) is 55.6 Å². The Morgan fingerprint density at radius 3 is 2.63 bits per heavy atom. The fraction of sp³-hybridized carbons (Fsp3) is 0.545. The standard InChI is InChI=1S/C22H30N2O2S/c1-3-5-6-15-26-17-12-10-16(11-13-17)21-20-18(8-7-9-19(20)25)24(14-4-2)22(27)23-21/h10-13,21H,3-9,14-15H2,1-2H3,(H,23,27). The predicted molar refractivity (Wildman–Crippen MR) is 113 cm³/mol. The summed E-state index contributed by atoms with van der Waals surface area (Å²) in [5.41, 5.74) is 3.10. The molecule has 1 aromatic rings. The van der Waals surface area contributed by atoms with Crippen LogP contribution >= 0.6 is 12.2 Å². The Morgan fingerprint density at radius 1 is 1.15 bits per heavy atom. The van der Waals surface area contributed by atoms with E-state index in [2.05, 4.69) is 36.2 Å². The molecular formula is C22H30N2O2S. The molecule has 0 saturated heterocycles. The van der Waals surface area contributed by atoms with E-state index in [0.29, 0.717) is 6.42 Å². The van der Waals surface area contributed by atoms with E-state index in [4.69, 9.17) is 17.0 Å². The highest BCUT2D eigenvalue weighted by atomic mass is 32.1. The van der Waals surface area contributed by atoms with Crippen LogP contribution in [0.25, 0.3) is 0 Å². The van der Waals surface area contributed by atoms with Crippen LogP contribution in [-0.4, -0.2) is 28.9 Å². The molecule has 0 saturated carbocycles. The maximum atomic E-state index is 12.7. The van der Waals surface area contributed by atoms with Crippen LogP contribution in [0.5, 0.6) is 5.75 Å². The molecule has 1 atom stereocenters. The lowest BCUT2D eigenvalue weighted by atomic mass is 9.85. The topological polar surface area (TPSA) is 41.6 Å². The summed E-state index contributed by atoms with van der Waals surface area (Å²) in [4.78, 5) is 14.9. The zero-order chi connectivity index (χ0) is 19.2. The molecule has 0 amide bonds. The van der Waals surface area contributed by atoms with Gasteiger partial charge in [-0.3, -0.25) is 4.79 Å². The smallest absolute Gasteiger partial charge is 0.173 e. The van der Waals surface area contributed by atoms with Gasteiger partial charge in [-0.25, -0.2) is 0 Å². The molecule has 0 aromatic heterocycles. The van der Waals surface area contributed by atoms with E-state index in [9.17, 15) is 4.79 Å². The number of Topliss-reactive ketones (excluding diaryl/α,β-unsaturated/α-hetero) is 1. The summed E-state index contributed by atoms with van der Waals surface area (Å²) >= 11 is 5.63. The number of benzene rings is 1. The Kier molecular flexibility index (Phi) is 6.89. The first-order valence-electron chi connectivity index (χ1n) is 10.2. The maximum Gasteiger partial charge on any atom is 0.173 e. The van der Waals surface area contributed by atoms with Crippen molar-refractivity contribution in [1.82, 2.24) is 10.2 Å². The van der Waals surface area contributed by atoms with E-state index < -0.39 is 0 Å². The van der Waals surface area contributed by atoms with Crippen molar-refractivity contribution in [2.75, 3.05) is 13.2 Å². The second kappa shape index (κ2) is 9.36. The van der Waals surface area contributed by atoms with Crippen molar-refractivity contribution in [2.24, 2.45) is 0 Å². The second-order valence-electron chi connectivity index (χ2n) is 7.30. The van der Waals surface area contributed by atoms with Gasteiger partial charge in [0.1, 0.15) is 5.75 Å². The number of nitrogens with zero attached hydrogens (tertiary/aromatic N) is 1. The van der Waals surface area contributed by atoms with Crippen LogP contribution in [0.2, 0.25) is 0 Å². The predicted octanol–water partition coefficient (Wildman–Crippen LogP) is 4.90. The number of ether oxygens (including phenoxy) is 1. The number of carbonyl (C=O) groups is 1. The van der Waals surface area contributed by atoms with Gasteiger partial charge in [0.25, 0.3) is 0 Å². The highest BCUT2D eigenvalue weighted by Crippen LogP contribution is 2.37. The second-order valence-corrected chi connectivity index (χ2v) is 7.68. The molecule has 5 heteroatoms. The van der Waals surface area contributed by atoms with Crippen LogP contribution in [0.15, 0.2) is 35.5 Å². The van der Waals surface area contributed by atoms with E-state index in [0.717, 1.165) is 66.5 Å². The highest BCUT2D eigenvalue weighted by molar-refractivity contribution is 7.80. The van der Waals surface area contributed by atoms with Crippen molar-refractivity contribution in [3.05, 3.63) is 41.1 Å². The third-order valence-corrected chi connectivity index (χ3v) is 5.57. The lowest BCUT2D eigenvalue weighted by Crippen LogP contribution is -2.49. The number of rotatable bonds is 8. The van der Waals surface area contributed by atoms with Crippen molar-refractivity contribution in [3.8, 4) is 5.75 Å². The normalized spacial score (nSPS) is 19.8. The fourth-order valence-electron chi connectivity index (χ4n) is 3.86. The zero-order valence-corrected chi connectivity index (χ0v) is 17.2. The molecule has 0 spiro atoms. The quantitative estimate of drug-likeness (QED) is 0.508. The van der Waals surface area contributed by atoms with Crippen molar-refractivity contribution in [2.45, 2.75) is 64.8 Å². The number of thiocarbonyl (C=S) groups is 1. The first kappa shape index (κ1) is 19.9. The number of hydrogen-bond acceptors (Lipinski definition) is 3. The van der Waals surface area contributed by atoms with Crippen molar-refractivity contribution < 1.29 is 9.53 Å². The summed E-state index contributed by atoms with van der Waals surface area (Å²) in [5.74, 6) is 1.13. The average molecular weight is 387 g/mol. The largest absolute Gasteiger partial charge is 0.494 e. The van der Waals surface area contributed by atoms with E-state index >= 15 is 0 Å². The van der Waals surface area contributed by atoms with Gasteiger partial charge >= 0.3 is 0 Å². The molecule has 0 bridgehead atoms. The number of hydrogen-bond donors (Lipinski definition) is 1. The summed E-state index contributed by atoms with van der Waals surface area (Å²) in [6, 6.07) is 7.95. The van der Waals surface area contributed by atoms with E-state index in [1.165, 1.54) is 12.8 Å². The first-order valence-corrected chi connectivity index (χ1v) is 10.6. The molecule has 0 radical (unpaired) electrons. The van der Waals surface area contributed by atoms with Crippen LogP contribution in [-0.2, 0) is 4.79 Å². The van der Waals surface area contributed by atoms with Crippen LogP contribution < -0.4 is 10.1 Å². The van der Waals surface area contributed by atoms with Gasteiger partial charge in [0.15, 0.2) is 10.9 Å². The molecule has 4 nitrogen and oxygen atoms in total. The van der Waals surface area contributed by atoms with E-state index in [1.807, 2.05) is 12.1 Å². The average Bonchev–Trinajstić information content (AvgIpc) is 2.68. The Hall–Kier alpha value is -1.88. The molecule has 1 N–H and O–H groups in total. The molecule has 2 aliphatic rings. The highest BCUT2D eigenvalue weighted by Gasteiger charge is 2.36. The number of nitrogens with one attached hydrogen (secondary N) is 1. The summed E-state index contributed by atoms with van der Waals surface area (Å²) in [6.45, 7) is 5.93. The maximum absolute atomic E-state index is 12.7. The third-order valence-electron chi connectivity index (χ3n) is 5.23. The molecule has 1 unspecified atom stereocenters. The molecule has 1 aromatic carbocycles. The van der Waals surface area contributed by atoms with Gasteiger partial charge in [0.2, 0.25) is 0 Å². The molecule has 1 aliphatic heterocycles. The molecule has 1 heterocycles. The Bertz CT molecular complexity index is 712. The first-order chi connectivity index (χ1) is 13.2. The molecular weight excluding hydrogens is 356 g/mol. The molecule has 27 heavy (non-hydrogen) atoms. The summed E-state index contributed by atoms with van der Waals surface area (Å²) in [6.07, 6.45) is 6.93. The number of ketones is 1. The van der Waals surface area contributed by atoms with Gasteiger partial charge in [-0.2, -0.15) is 0 Å². The Labute approximate surface area is 168 Å².